The van der Waals surface area contributed by atoms with Crippen molar-refractivity contribution >= 4 is 34.6 Å². The van der Waals surface area contributed by atoms with E-state index in [1.807, 2.05) is 0 Å². The van der Waals surface area contributed by atoms with Crippen molar-refractivity contribution in [2.45, 2.75) is 19.3 Å². The highest BCUT2D eigenvalue weighted by Crippen LogP contribution is 2.39. The average Bonchev–Trinajstić information content (AvgIpc) is 3.55. The molecule has 1 amide bonds. The number of anilines is 4. The predicted octanol–water partition coefficient (Wildman–Crippen LogP) is 1.93. The van der Waals surface area contributed by atoms with Crippen LogP contribution in [-0.4, -0.2) is 55.8 Å². The molecule has 11 heteroatoms. The van der Waals surface area contributed by atoms with Crippen LogP contribution in [0.5, 0.6) is 0 Å². The molecule has 2 aliphatic rings. The molecular formula is C21H24N10O. The molecule has 32 heavy (non-hydrogen) atoms. The fourth-order valence-corrected chi connectivity index (χ4v) is 3.52. The van der Waals surface area contributed by atoms with Crippen molar-refractivity contribution in [2.24, 2.45) is 7.05 Å². The Hall–Kier alpha value is -4.02. The monoisotopic (exact) mass is 432 g/mol. The topological polar surface area (TPSA) is 126 Å². The van der Waals surface area contributed by atoms with Crippen LogP contribution >= 0.6 is 0 Å². The first kappa shape index (κ1) is 19.9. The van der Waals surface area contributed by atoms with Crippen LogP contribution in [0.2, 0.25) is 0 Å². The average molecular weight is 432 g/mol. The minimum Gasteiger partial charge on any atom is -0.355 e. The highest BCUT2D eigenvalue weighted by molar-refractivity contribution is 6.00. The maximum Gasteiger partial charge on any atom is 0.271 e. The first-order valence-corrected chi connectivity index (χ1v) is 10.5. The molecule has 11 nitrogen and oxygen atoms in total. The van der Waals surface area contributed by atoms with Gasteiger partial charge in [-0.05, 0) is 24.8 Å². The van der Waals surface area contributed by atoms with Gasteiger partial charge in [0.05, 0.1) is 41.9 Å². The summed E-state index contributed by atoms with van der Waals surface area (Å²) in [6.07, 6.45) is 11.3. The zero-order valence-electron chi connectivity index (χ0n) is 18.0. The molecule has 1 saturated heterocycles. The number of hydrogen-bond donors (Lipinski definition) is 3. The van der Waals surface area contributed by atoms with Crippen molar-refractivity contribution < 1.29 is 4.79 Å². The van der Waals surface area contributed by atoms with E-state index < -0.39 is 0 Å². The molecule has 3 aromatic rings. The number of allylic oxidation sites excluding steroid dienone is 1. The van der Waals surface area contributed by atoms with Gasteiger partial charge in [-0.15, -0.1) is 0 Å². The van der Waals surface area contributed by atoms with E-state index in [2.05, 4.69) is 40.9 Å². The molecule has 0 unspecified atom stereocenters. The highest BCUT2D eigenvalue weighted by Gasteiger charge is 2.27. The van der Waals surface area contributed by atoms with Gasteiger partial charge >= 0.3 is 0 Å². The van der Waals surface area contributed by atoms with E-state index in [0.717, 1.165) is 43.9 Å². The van der Waals surface area contributed by atoms with Gasteiger partial charge in [0.1, 0.15) is 23.5 Å². The third-order valence-corrected chi connectivity index (χ3v) is 5.49. The molecule has 0 radical (unpaired) electrons. The lowest BCUT2D eigenvalue weighted by Crippen LogP contribution is -2.37. The second-order valence-electron chi connectivity index (χ2n) is 7.73. The second-order valence-corrected chi connectivity index (χ2v) is 7.73. The van der Waals surface area contributed by atoms with Gasteiger partial charge in [0.2, 0.25) is 0 Å². The van der Waals surface area contributed by atoms with E-state index in [9.17, 15) is 4.79 Å². The number of nitrogens with zero attached hydrogens (tertiary/aromatic N) is 7. The minimum absolute atomic E-state index is 0.215. The summed E-state index contributed by atoms with van der Waals surface area (Å²) >= 11 is 0. The Kier molecular flexibility index (Phi) is 5.13. The summed E-state index contributed by atoms with van der Waals surface area (Å²) in [6.45, 7) is 1.94. The van der Waals surface area contributed by atoms with Crippen LogP contribution in [-0.2, 0) is 7.05 Å². The molecule has 0 atom stereocenters. The number of rotatable bonds is 7. The van der Waals surface area contributed by atoms with Crippen LogP contribution in [0.25, 0.3) is 5.70 Å². The highest BCUT2D eigenvalue weighted by atomic mass is 16.1. The van der Waals surface area contributed by atoms with Gasteiger partial charge < -0.3 is 20.9 Å². The molecular weight excluding hydrogens is 408 g/mol. The van der Waals surface area contributed by atoms with E-state index in [1.165, 1.54) is 11.9 Å². The fourth-order valence-electron chi connectivity index (χ4n) is 3.52. The summed E-state index contributed by atoms with van der Waals surface area (Å²) in [5.74, 6) is 1.21. The Bertz CT molecular complexity index is 1180. The molecule has 5 rings (SSSR count). The zero-order valence-corrected chi connectivity index (χ0v) is 18.0. The van der Waals surface area contributed by atoms with Crippen LogP contribution in [0.15, 0.2) is 36.7 Å². The minimum atomic E-state index is -0.215. The number of hydrogen-bond acceptors (Lipinski definition) is 9. The largest absolute Gasteiger partial charge is 0.355 e. The molecule has 0 spiro atoms. The fraction of sp³-hybridized carbons (Fsp3) is 0.333. The number of aryl methyl sites for hydroxylation is 1. The van der Waals surface area contributed by atoms with Crippen molar-refractivity contribution in [3.63, 3.8) is 0 Å². The molecule has 164 valence electrons. The van der Waals surface area contributed by atoms with E-state index in [0.29, 0.717) is 28.6 Å². The second kappa shape index (κ2) is 8.25. The van der Waals surface area contributed by atoms with Gasteiger partial charge in [-0.3, -0.25) is 9.48 Å². The van der Waals surface area contributed by atoms with Crippen LogP contribution in [0.3, 0.4) is 0 Å². The Labute approximate surface area is 185 Å². The number of aromatic nitrogens is 6. The summed E-state index contributed by atoms with van der Waals surface area (Å²) in [5, 5.41) is 13.7. The van der Waals surface area contributed by atoms with Crippen molar-refractivity contribution in [1.82, 2.24) is 35.0 Å². The van der Waals surface area contributed by atoms with Crippen LogP contribution < -0.4 is 20.9 Å². The normalized spacial score (nSPS) is 14.6. The third-order valence-electron chi connectivity index (χ3n) is 5.49. The Morgan fingerprint density at radius 2 is 1.88 bits per heavy atom. The zero-order chi connectivity index (χ0) is 22.1. The maximum absolute atomic E-state index is 12.4. The van der Waals surface area contributed by atoms with Crippen molar-refractivity contribution in [3.05, 3.63) is 48.1 Å². The van der Waals surface area contributed by atoms with Crippen molar-refractivity contribution in [3.8, 4) is 0 Å². The van der Waals surface area contributed by atoms with Crippen molar-refractivity contribution in [1.29, 1.82) is 0 Å². The first-order chi connectivity index (χ1) is 15.6. The molecule has 4 heterocycles. The van der Waals surface area contributed by atoms with E-state index in [1.54, 1.807) is 43.6 Å². The molecule has 0 aromatic carbocycles. The SMILES string of the molecule is CNC(=O)c1c(NC(=C2CC2)c2nc(N3CCC3)cnc2Nc2cncnc2)cnn1C. The summed E-state index contributed by atoms with van der Waals surface area (Å²) in [5.41, 5.74) is 4.54. The maximum atomic E-state index is 12.4. The predicted molar refractivity (Wildman–Crippen MR) is 121 cm³/mol. The summed E-state index contributed by atoms with van der Waals surface area (Å²) < 4.78 is 1.55. The standard InChI is InChI=1S/C21H24N10O/c1-22-21(32)19-15(10-26-30(19)2)28-17(13-4-5-13)18-20(27-14-8-23-12-24-9-14)25-11-16(29-18)31-6-3-7-31/h8-12,28H,3-7H2,1-2H3,(H,22,32)(H,25,27). The number of carbonyl (C=O) groups excluding carboxylic acids is 1. The van der Waals surface area contributed by atoms with E-state index >= 15 is 0 Å². The smallest absolute Gasteiger partial charge is 0.271 e. The quantitative estimate of drug-likeness (QED) is 0.513. The molecule has 2 fully saturated rings. The Morgan fingerprint density at radius 1 is 1.09 bits per heavy atom. The molecule has 3 aromatic heterocycles. The van der Waals surface area contributed by atoms with E-state index in [-0.39, 0.29) is 5.91 Å². The molecule has 1 aliphatic carbocycles. The Balaban J connectivity index is 1.56. The van der Waals surface area contributed by atoms with Gasteiger partial charge in [-0.25, -0.2) is 19.9 Å². The lowest BCUT2D eigenvalue weighted by molar-refractivity contribution is 0.0954. The van der Waals surface area contributed by atoms with Crippen molar-refractivity contribution in [2.75, 3.05) is 35.7 Å². The summed E-state index contributed by atoms with van der Waals surface area (Å²) in [6, 6.07) is 0. The number of amides is 1. The summed E-state index contributed by atoms with van der Waals surface area (Å²) in [7, 11) is 3.34. The van der Waals surface area contributed by atoms with Gasteiger partial charge in [0.15, 0.2) is 5.82 Å². The first-order valence-electron chi connectivity index (χ1n) is 10.5. The Morgan fingerprint density at radius 3 is 2.53 bits per heavy atom. The molecule has 1 saturated carbocycles. The molecule has 1 aliphatic heterocycles. The van der Waals surface area contributed by atoms with Crippen LogP contribution in [0.1, 0.15) is 35.4 Å². The van der Waals surface area contributed by atoms with Gasteiger partial charge in [0.25, 0.3) is 5.91 Å². The lowest BCUT2D eigenvalue weighted by atomic mass is 10.2. The lowest BCUT2D eigenvalue weighted by Gasteiger charge is -2.32. The summed E-state index contributed by atoms with van der Waals surface area (Å²) in [4.78, 5) is 32.4. The number of carbonyl (C=O) groups is 1. The van der Waals surface area contributed by atoms with Gasteiger partial charge in [-0.1, -0.05) is 0 Å². The third kappa shape index (κ3) is 3.84. The van der Waals surface area contributed by atoms with Gasteiger partial charge in [0, 0.05) is 27.2 Å². The van der Waals surface area contributed by atoms with E-state index in [4.69, 9.17) is 4.98 Å². The van der Waals surface area contributed by atoms with Crippen LogP contribution in [0, 0.1) is 0 Å². The molecule has 0 bridgehead atoms. The van der Waals surface area contributed by atoms with Crippen LogP contribution in [0.4, 0.5) is 23.0 Å². The molecule has 3 N–H and O–H groups in total. The number of nitrogens with one attached hydrogen (secondary N) is 3. The van der Waals surface area contributed by atoms with Gasteiger partial charge in [-0.2, -0.15) is 5.10 Å².